The second kappa shape index (κ2) is 8.15. The highest BCUT2D eigenvalue weighted by atomic mass is 19.4. The van der Waals surface area contributed by atoms with Gasteiger partial charge in [0.2, 0.25) is 0 Å². The molecular weight excluding hydrogens is 437 g/mol. The van der Waals surface area contributed by atoms with Gasteiger partial charge >= 0.3 is 18.1 Å². The summed E-state index contributed by atoms with van der Waals surface area (Å²) in [5.74, 6) is -2.66. The van der Waals surface area contributed by atoms with E-state index in [1.807, 2.05) is 6.92 Å². The van der Waals surface area contributed by atoms with Crippen LogP contribution < -0.4 is 0 Å². The Labute approximate surface area is 191 Å². The average molecular weight is 466 g/mol. The van der Waals surface area contributed by atoms with E-state index in [2.05, 4.69) is 6.58 Å². The minimum atomic E-state index is -5.09. The zero-order valence-electron chi connectivity index (χ0n) is 19.0. The summed E-state index contributed by atoms with van der Waals surface area (Å²) in [7, 11) is 0.835. The normalized spacial score (nSPS) is 35.8. The highest BCUT2D eigenvalue weighted by molar-refractivity contribution is 5.83. The van der Waals surface area contributed by atoms with Gasteiger partial charge in [-0.05, 0) is 37.2 Å². The summed E-state index contributed by atoms with van der Waals surface area (Å²) in [5, 5.41) is 0. The molecule has 1 aromatic rings. The Hall–Kier alpha value is -2.35. The van der Waals surface area contributed by atoms with Crippen molar-refractivity contribution in [3.05, 3.63) is 48.0 Å². The van der Waals surface area contributed by atoms with Crippen LogP contribution in [0.15, 0.2) is 42.5 Å². The third-order valence-electron chi connectivity index (χ3n) is 7.99. The first-order valence-electron chi connectivity index (χ1n) is 11.3. The Kier molecular flexibility index (Phi) is 5.88. The topological polar surface area (TPSA) is 61.8 Å². The van der Waals surface area contributed by atoms with E-state index in [-0.39, 0.29) is 23.3 Å². The van der Waals surface area contributed by atoms with E-state index in [1.54, 1.807) is 13.0 Å². The molecule has 4 rings (SSSR count). The highest BCUT2D eigenvalue weighted by Crippen LogP contribution is 2.59. The number of esters is 2. The second-order valence-electron chi connectivity index (χ2n) is 9.56. The average Bonchev–Trinajstić information content (AvgIpc) is 3.01. The Morgan fingerprint density at radius 1 is 1.12 bits per heavy atom. The van der Waals surface area contributed by atoms with Crippen LogP contribution in [0.5, 0.6) is 0 Å². The van der Waals surface area contributed by atoms with E-state index in [0.29, 0.717) is 24.8 Å². The van der Waals surface area contributed by atoms with Crippen LogP contribution in [0.1, 0.15) is 45.1 Å². The molecule has 180 valence electrons. The number of ether oxygens (including phenoxy) is 3. The molecule has 1 aromatic carbocycles. The standard InChI is InChI=1S/C25H29F3O5/c1-14-10-13-19-16(3)21(29)33-23(19)18(14)12-11-15(2)20(23)32-22(30)24(31-4,25(26,27)28)17-8-6-5-7-9-17/h5-9,14,16,18-20H,2,10-13H2,1,3-4H3/t14-,16-,18+,19+,20-,23+,24+/m1/s1. The van der Waals surface area contributed by atoms with Gasteiger partial charge in [0.25, 0.3) is 5.60 Å². The molecule has 8 heteroatoms. The predicted molar refractivity (Wildman–Crippen MR) is 113 cm³/mol. The van der Waals surface area contributed by atoms with Gasteiger partial charge in [0.1, 0.15) is 0 Å². The maximum atomic E-state index is 14.4. The highest BCUT2D eigenvalue weighted by Gasteiger charge is 2.70. The molecule has 7 atom stereocenters. The molecule has 0 aromatic heterocycles. The fourth-order valence-electron chi connectivity index (χ4n) is 6.31. The van der Waals surface area contributed by atoms with Gasteiger partial charge in [0, 0.05) is 24.5 Å². The molecule has 0 radical (unpaired) electrons. The molecule has 33 heavy (non-hydrogen) atoms. The van der Waals surface area contributed by atoms with Crippen molar-refractivity contribution in [2.75, 3.05) is 7.11 Å². The molecule has 0 bridgehead atoms. The van der Waals surface area contributed by atoms with Gasteiger partial charge in [-0.25, -0.2) is 4.79 Å². The van der Waals surface area contributed by atoms with Gasteiger partial charge < -0.3 is 14.2 Å². The monoisotopic (exact) mass is 466 g/mol. The minimum Gasteiger partial charge on any atom is -0.454 e. The molecule has 1 spiro atoms. The smallest absolute Gasteiger partial charge is 0.432 e. The Morgan fingerprint density at radius 2 is 1.79 bits per heavy atom. The van der Waals surface area contributed by atoms with Gasteiger partial charge in [0.15, 0.2) is 11.7 Å². The molecule has 1 aliphatic heterocycles. The second-order valence-corrected chi connectivity index (χ2v) is 9.56. The number of alkyl halides is 3. The molecule has 0 unspecified atom stereocenters. The van der Waals surface area contributed by atoms with Crippen molar-refractivity contribution in [2.24, 2.45) is 23.7 Å². The van der Waals surface area contributed by atoms with Crippen molar-refractivity contribution in [3.63, 3.8) is 0 Å². The van der Waals surface area contributed by atoms with Crippen molar-refractivity contribution in [3.8, 4) is 0 Å². The van der Waals surface area contributed by atoms with Crippen LogP contribution in [-0.4, -0.2) is 36.9 Å². The Morgan fingerprint density at radius 3 is 2.39 bits per heavy atom. The van der Waals surface area contributed by atoms with Crippen molar-refractivity contribution in [1.82, 2.24) is 0 Å². The number of carbonyl (C=O) groups is 2. The third kappa shape index (κ3) is 3.32. The zero-order valence-corrected chi connectivity index (χ0v) is 19.0. The van der Waals surface area contributed by atoms with Crippen LogP contribution in [0, 0.1) is 23.7 Å². The molecule has 3 aliphatic rings. The number of methoxy groups -OCH3 is 1. The summed E-state index contributed by atoms with van der Waals surface area (Å²) in [6.45, 7) is 7.84. The number of carbonyl (C=O) groups excluding carboxylic acids is 2. The van der Waals surface area contributed by atoms with E-state index < -0.39 is 41.3 Å². The SMILES string of the molecule is C=C1CC[C@H]2[C@H](C)CC[C@H]3[C@@H](C)C(=O)O[C@@]23[C@@H]1OC(=O)[C@@](OC)(c1ccccc1)C(F)(F)F. The number of rotatable bonds is 4. The maximum absolute atomic E-state index is 14.4. The molecule has 2 aliphatic carbocycles. The molecule has 0 N–H and O–H groups in total. The quantitative estimate of drug-likeness (QED) is 0.464. The van der Waals surface area contributed by atoms with Gasteiger partial charge in [-0.2, -0.15) is 13.2 Å². The van der Waals surface area contributed by atoms with Gasteiger partial charge in [-0.1, -0.05) is 50.8 Å². The van der Waals surface area contributed by atoms with E-state index >= 15 is 0 Å². The number of hydrogen-bond donors (Lipinski definition) is 0. The molecule has 2 saturated carbocycles. The first-order valence-corrected chi connectivity index (χ1v) is 11.3. The van der Waals surface area contributed by atoms with E-state index in [4.69, 9.17) is 14.2 Å². The van der Waals surface area contributed by atoms with Crippen molar-refractivity contribution >= 4 is 11.9 Å². The Bertz CT molecular complexity index is 945. The fraction of sp³-hybridized carbons (Fsp3) is 0.600. The van der Waals surface area contributed by atoms with Crippen LogP contribution in [0.25, 0.3) is 0 Å². The summed E-state index contributed by atoms with van der Waals surface area (Å²) in [6.07, 6.45) is -3.57. The van der Waals surface area contributed by atoms with Gasteiger partial charge in [-0.15, -0.1) is 0 Å². The van der Waals surface area contributed by atoms with Crippen LogP contribution in [0.4, 0.5) is 13.2 Å². The lowest BCUT2D eigenvalue weighted by atomic mass is 9.55. The number of benzene rings is 1. The first-order chi connectivity index (χ1) is 15.5. The summed E-state index contributed by atoms with van der Waals surface area (Å²) in [4.78, 5) is 26.1. The lowest BCUT2D eigenvalue weighted by Crippen LogP contribution is -2.63. The lowest BCUT2D eigenvalue weighted by Gasteiger charge is -2.54. The van der Waals surface area contributed by atoms with Crippen LogP contribution in [0.2, 0.25) is 0 Å². The van der Waals surface area contributed by atoms with E-state index in [1.165, 1.54) is 24.3 Å². The maximum Gasteiger partial charge on any atom is 0.432 e. The third-order valence-corrected chi connectivity index (χ3v) is 7.99. The van der Waals surface area contributed by atoms with Crippen molar-refractivity contribution in [2.45, 2.75) is 63.0 Å². The largest absolute Gasteiger partial charge is 0.454 e. The van der Waals surface area contributed by atoms with Gasteiger partial charge in [-0.3, -0.25) is 4.79 Å². The van der Waals surface area contributed by atoms with Crippen molar-refractivity contribution in [1.29, 1.82) is 0 Å². The van der Waals surface area contributed by atoms with E-state index in [0.717, 1.165) is 13.5 Å². The predicted octanol–water partition coefficient (Wildman–Crippen LogP) is 4.95. The minimum absolute atomic E-state index is 0.131. The zero-order chi connectivity index (χ0) is 24.2. The number of halogens is 3. The first kappa shape index (κ1) is 23.8. The molecule has 3 fully saturated rings. The summed E-state index contributed by atoms with van der Waals surface area (Å²) >= 11 is 0. The Balaban J connectivity index is 1.79. The van der Waals surface area contributed by atoms with Crippen LogP contribution >= 0.6 is 0 Å². The molecule has 5 nitrogen and oxygen atoms in total. The van der Waals surface area contributed by atoms with E-state index in [9.17, 15) is 22.8 Å². The van der Waals surface area contributed by atoms with Crippen LogP contribution in [-0.2, 0) is 29.4 Å². The number of hydrogen-bond acceptors (Lipinski definition) is 5. The summed E-state index contributed by atoms with van der Waals surface area (Å²) < 4.78 is 59.8. The molecular formula is C25H29F3O5. The molecule has 1 heterocycles. The van der Waals surface area contributed by atoms with Crippen molar-refractivity contribution < 1.29 is 37.0 Å². The molecule has 0 amide bonds. The van der Waals surface area contributed by atoms with Gasteiger partial charge in [0.05, 0.1) is 5.92 Å². The van der Waals surface area contributed by atoms with Crippen LogP contribution in [0.3, 0.4) is 0 Å². The molecule has 1 saturated heterocycles. The lowest BCUT2D eigenvalue weighted by molar-refractivity contribution is -0.283. The summed E-state index contributed by atoms with van der Waals surface area (Å²) in [6, 6.07) is 6.70. The summed E-state index contributed by atoms with van der Waals surface area (Å²) in [5.41, 5.74) is -4.45. The fourth-order valence-corrected chi connectivity index (χ4v) is 6.31.